The van der Waals surface area contributed by atoms with Crippen molar-refractivity contribution in [2.75, 3.05) is 12.0 Å². The molecular formula is C18H18N2O4. The first-order valence-corrected chi connectivity index (χ1v) is 7.74. The summed E-state index contributed by atoms with van der Waals surface area (Å²) in [6.45, 7) is 1.95. The fourth-order valence-corrected chi connectivity index (χ4v) is 3.09. The van der Waals surface area contributed by atoms with Crippen LogP contribution in [0.1, 0.15) is 30.5 Å². The van der Waals surface area contributed by atoms with Crippen molar-refractivity contribution in [1.29, 1.82) is 0 Å². The van der Waals surface area contributed by atoms with E-state index in [4.69, 9.17) is 4.74 Å². The lowest BCUT2D eigenvalue weighted by atomic mass is 9.96. The zero-order valence-corrected chi connectivity index (χ0v) is 13.6. The van der Waals surface area contributed by atoms with Gasteiger partial charge >= 0.3 is 0 Å². The second kappa shape index (κ2) is 6.31. The highest BCUT2D eigenvalue weighted by atomic mass is 16.6. The number of methoxy groups -OCH3 is 1. The number of carbonyl (C=O) groups is 1. The van der Waals surface area contributed by atoms with Gasteiger partial charge in [-0.2, -0.15) is 0 Å². The molecule has 3 rings (SSSR count). The maximum absolute atomic E-state index is 12.5. The van der Waals surface area contributed by atoms with Crippen LogP contribution in [0.25, 0.3) is 0 Å². The Hall–Kier alpha value is -2.89. The summed E-state index contributed by atoms with van der Waals surface area (Å²) in [5.41, 5.74) is 2.58. The van der Waals surface area contributed by atoms with E-state index in [1.165, 1.54) is 6.07 Å². The van der Waals surface area contributed by atoms with Crippen molar-refractivity contribution in [3.63, 3.8) is 0 Å². The summed E-state index contributed by atoms with van der Waals surface area (Å²) in [6.07, 6.45) is 0.875. The molecule has 0 aliphatic carbocycles. The molecule has 0 N–H and O–H groups in total. The molecule has 1 amide bonds. The number of nitro groups is 1. The van der Waals surface area contributed by atoms with Crippen LogP contribution in [0.5, 0.6) is 5.75 Å². The molecule has 6 nitrogen and oxygen atoms in total. The fraction of sp³-hybridized carbons (Fsp3) is 0.278. The quantitative estimate of drug-likeness (QED) is 0.635. The van der Waals surface area contributed by atoms with E-state index in [0.717, 1.165) is 22.6 Å². The summed E-state index contributed by atoms with van der Waals surface area (Å²) >= 11 is 0. The first-order chi connectivity index (χ1) is 11.5. The van der Waals surface area contributed by atoms with E-state index in [1.54, 1.807) is 24.1 Å². The van der Waals surface area contributed by atoms with Crippen LogP contribution in [-0.4, -0.2) is 17.9 Å². The molecule has 0 fully saturated rings. The Morgan fingerprint density at radius 3 is 2.71 bits per heavy atom. The van der Waals surface area contributed by atoms with Crippen molar-refractivity contribution in [3.8, 4) is 5.75 Å². The molecule has 1 aliphatic rings. The van der Waals surface area contributed by atoms with E-state index >= 15 is 0 Å². The van der Waals surface area contributed by atoms with Crippen molar-refractivity contribution in [2.45, 2.75) is 25.8 Å². The first kappa shape index (κ1) is 16.0. The smallest absolute Gasteiger partial charge is 0.269 e. The highest BCUT2D eigenvalue weighted by Gasteiger charge is 2.30. The molecule has 1 atom stereocenters. The lowest BCUT2D eigenvalue weighted by molar-refractivity contribution is -0.384. The predicted molar refractivity (Wildman–Crippen MR) is 90.3 cm³/mol. The molecule has 124 valence electrons. The number of aryl methyl sites for hydroxylation is 1. The molecule has 1 aliphatic heterocycles. The zero-order chi connectivity index (χ0) is 17.3. The molecule has 0 saturated carbocycles. The van der Waals surface area contributed by atoms with E-state index in [2.05, 4.69) is 0 Å². The Morgan fingerprint density at radius 1 is 1.21 bits per heavy atom. The Kier molecular flexibility index (Phi) is 4.20. The number of anilines is 1. The van der Waals surface area contributed by atoms with Crippen LogP contribution >= 0.6 is 0 Å². The molecule has 0 saturated heterocycles. The molecule has 2 aromatic rings. The second-order valence-electron chi connectivity index (χ2n) is 5.79. The van der Waals surface area contributed by atoms with Crippen molar-refractivity contribution in [1.82, 2.24) is 0 Å². The van der Waals surface area contributed by atoms with Gasteiger partial charge < -0.3 is 9.64 Å². The van der Waals surface area contributed by atoms with Gasteiger partial charge in [-0.05, 0) is 42.7 Å². The summed E-state index contributed by atoms with van der Waals surface area (Å²) in [5, 5.41) is 11.0. The minimum atomic E-state index is -0.410. The number of carbonyl (C=O) groups excluding carboxylic acids is 1. The highest BCUT2D eigenvalue weighted by Crippen LogP contribution is 2.37. The summed E-state index contributed by atoms with van der Waals surface area (Å²) < 4.78 is 5.25. The lowest BCUT2D eigenvalue weighted by Crippen LogP contribution is -2.37. The van der Waals surface area contributed by atoms with Crippen molar-refractivity contribution >= 4 is 17.3 Å². The van der Waals surface area contributed by atoms with Gasteiger partial charge in [0.1, 0.15) is 5.75 Å². The van der Waals surface area contributed by atoms with Crippen LogP contribution in [0.4, 0.5) is 11.4 Å². The third-order valence-corrected chi connectivity index (χ3v) is 4.37. The molecular weight excluding hydrogens is 308 g/mol. The van der Waals surface area contributed by atoms with E-state index in [1.807, 2.05) is 31.2 Å². The van der Waals surface area contributed by atoms with Gasteiger partial charge in [0, 0.05) is 24.2 Å². The molecule has 1 heterocycles. The van der Waals surface area contributed by atoms with Gasteiger partial charge in [0.15, 0.2) is 0 Å². The average molecular weight is 326 g/mol. The number of nitrogens with zero attached hydrogens (tertiary/aromatic N) is 2. The van der Waals surface area contributed by atoms with Gasteiger partial charge in [0.2, 0.25) is 5.91 Å². The number of hydrogen-bond acceptors (Lipinski definition) is 4. The zero-order valence-electron chi connectivity index (χ0n) is 13.6. The topological polar surface area (TPSA) is 72.7 Å². The molecule has 0 unspecified atom stereocenters. The van der Waals surface area contributed by atoms with Crippen molar-refractivity contribution < 1.29 is 14.5 Å². The molecule has 6 heteroatoms. The summed E-state index contributed by atoms with van der Waals surface area (Å²) in [4.78, 5) is 24.8. The van der Waals surface area contributed by atoms with Crippen LogP contribution in [0.15, 0.2) is 42.5 Å². The van der Waals surface area contributed by atoms with Crippen LogP contribution in [0, 0.1) is 10.1 Å². The summed E-state index contributed by atoms with van der Waals surface area (Å²) in [7, 11) is 1.60. The first-order valence-electron chi connectivity index (χ1n) is 7.74. The van der Waals surface area contributed by atoms with E-state index < -0.39 is 4.92 Å². The number of fused-ring (bicyclic) bond motifs is 1. The minimum Gasteiger partial charge on any atom is -0.497 e. The van der Waals surface area contributed by atoms with Gasteiger partial charge in [0.05, 0.1) is 18.1 Å². The molecule has 2 aromatic carbocycles. The molecule has 0 radical (unpaired) electrons. The maximum Gasteiger partial charge on any atom is 0.269 e. The third-order valence-electron chi connectivity index (χ3n) is 4.37. The lowest BCUT2D eigenvalue weighted by Gasteiger charge is -2.34. The second-order valence-corrected chi connectivity index (χ2v) is 5.79. The normalized spacial score (nSPS) is 14.9. The Balaban J connectivity index is 2.01. The van der Waals surface area contributed by atoms with E-state index in [0.29, 0.717) is 12.8 Å². The minimum absolute atomic E-state index is 0.0201. The van der Waals surface area contributed by atoms with Crippen LogP contribution in [0.3, 0.4) is 0 Å². The number of hydrogen-bond donors (Lipinski definition) is 0. The Bertz CT molecular complexity index is 803. The average Bonchev–Trinajstić information content (AvgIpc) is 2.60. The molecule has 0 bridgehead atoms. The van der Waals surface area contributed by atoms with Crippen LogP contribution in [0.2, 0.25) is 0 Å². The van der Waals surface area contributed by atoms with Crippen LogP contribution in [-0.2, 0) is 11.2 Å². The number of benzene rings is 2. The van der Waals surface area contributed by atoms with Crippen molar-refractivity contribution in [3.05, 3.63) is 63.7 Å². The van der Waals surface area contributed by atoms with Gasteiger partial charge in [0.25, 0.3) is 5.69 Å². The number of ether oxygens (including phenoxy) is 1. The van der Waals surface area contributed by atoms with Crippen molar-refractivity contribution in [2.24, 2.45) is 0 Å². The van der Waals surface area contributed by atoms with Gasteiger partial charge in [-0.15, -0.1) is 0 Å². The van der Waals surface area contributed by atoms with Gasteiger partial charge in [-0.1, -0.05) is 12.1 Å². The standard InChI is InChI=1S/C18H18N2O4/c1-12(13-4-3-5-16(11-13)24-2)19-17-8-7-15(20(22)23)10-14(17)6-9-18(19)21/h3-5,7-8,10-12H,6,9H2,1-2H3/t12-/m0/s1. The Morgan fingerprint density at radius 2 is 2.00 bits per heavy atom. The number of nitro benzene ring substituents is 1. The van der Waals surface area contributed by atoms with E-state index in [9.17, 15) is 14.9 Å². The molecule has 0 spiro atoms. The number of non-ortho nitro benzene ring substituents is 1. The highest BCUT2D eigenvalue weighted by molar-refractivity contribution is 5.97. The third kappa shape index (κ3) is 2.82. The largest absolute Gasteiger partial charge is 0.497 e. The Labute approximate surface area is 139 Å². The van der Waals surface area contributed by atoms with Gasteiger partial charge in [-0.3, -0.25) is 14.9 Å². The SMILES string of the molecule is COc1cccc([C@H](C)N2C(=O)CCc3cc([N+](=O)[O-])ccc32)c1. The van der Waals surface area contributed by atoms with Gasteiger partial charge in [-0.25, -0.2) is 0 Å². The fourth-order valence-electron chi connectivity index (χ4n) is 3.09. The predicted octanol–water partition coefficient (Wildman–Crippen LogP) is 3.64. The summed E-state index contributed by atoms with van der Waals surface area (Å²) in [5.74, 6) is 0.749. The number of rotatable bonds is 4. The maximum atomic E-state index is 12.5. The van der Waals surface area contributed by atoms with E-state index in [-0.39, 0.29) is 17.6 Å². The monoisotopic (exact) mass is 326 g/mol. The molecule has 24 heavy (non-hydrogen) atoms. The molecule has 0 aromatic heterocycles. The number of amides is 1. The summed E-state index contributed by atoms with van der Waals surface area (Å²) in [6, 6.07) is 12.1. The van der Waals surface area contributed by atoms with Crippen LogP contribution < -0.4 is 9.64 Å².